The summed E-state index contributed by atoms with van der Waals surface area (Å²) in [6, 6.07) is 13.7. The van der Waals surface area contributed by atoms with Crippen LogP contribution in [0, 0.1) is 0 Å². The zero-order valence-corrected chi connectivity index (χ0v) is 16.3. The fraction of sp³-hybridized carbons (Fsp3) is 0.542. The number of carbonyl (C=O) groups is 1. The maximum Gasteiger partial charge on any atom is 0.338 e. The lowest BCUT2D eigenvalue weighted by Gasteiger charge is -2.07. The molecule has 0 aliphatic rings. The molecule has 0 bridgehead atoms. The van der Waals surface area contributed by atoms with Crippen molar-refractivity contribution in [3.63, 3.8) is 0 Å². The van der Waals surface area contributed by atoms with Gasteiger partial charge in [0.2, 0.25) is 0 Å². The van der Waals surface area contributed by atoms with Crippen molar-refractivity contribution in [2.24, 2.45) is 0 Å². The number of rotatable bonds is 13. The summed E-state index contributed by atoms with van der Waals surface area (Å²) in [7, 11) is 0. The predicted octanol–water partition coefficient (Wildman–Crippen LogP) is 7.31. The fourth-order valence-corrected chi connectivity index (χ4v) is 3.41. The van der Waals surface area contributed by atoms with Crippen LogP contribution < -0.4 is 0 Å². The van der Waals surface area contributed by atoms with E-state index in [4.69, 9.17) is 4.74 Å². The molecule has 2 heteroatoms. The van der Waals surface area contributed by atoms with Gasteiger partial charge in [-0.2, -0.15) is 0 Å². The van der Waals surface area contributed by atoms with Crippen molar-refractivity contribution in [2.45, 2.75) is 77.6 Å². The summed E-state index contributed by atoms with van der Waals surface area (Å²) in [4.78, 5) is 12.3. The Kier molecular flexibility index (Phi) is 9.86. The van der Waals surface area contributed by atoms with Gasteiger partial charge in [-0.25, -0.2) is 4.79 Å². The summed E-state index contributed by atoms with van der Waals surface area (Å²) in [6.45, 7) is 2.79. The Balaban J connectivity index is 1.54. The Hall–Kier alpha value is -1.83. The van der Waals surface area contributed by atoms with Crippen LogP contribution in [0.4, 0.5) is 0 Å². The van der Waals surface area contributed by atoms with Gasteiger partial charge in [0.15, 0.2) is 0 Å². The Labute approximate surface area is 158 Å². The number of carbonyl (C=O) groups excluding carboxylic acids is 1. The van der Waals surface area contributed by atoms with Gasteiger partial charge in [0.05, 0.1) is 12.2 Å². The summed E-state index contributed by atoms with van der Waals surface area (Å²) in [5, 5.41) is 2.05. The number of hydrogen-bond donors (Lipinski definition) is 0. The molecule has 2 aromatic rings. The van der Waals surface area contributed by atoms with Crippen molar-refractivity contribution >= 4 is 16.7 Å². The van der Waals surface area contributed by atoms with Gasteiger partial charge in [0.25, 0.3) is 0 Å². The van der Waals surface area contributed by atoms with Gasteiger partial charge in [-0.05, 0) is 23.3 Å². The lowest BCUT2D eigenvalue weighted by Crippen LogP contribution is -2.07. The first-order valence-electron chi connectivity index (χ1n) is 10.5. The van der Waals surface area contributed by atoms with Gasteiger partial charge in [-0.1, -0.05) is 108 Å². The van der Waals surface area contributed by atoms with E-state index in [1.807, 2.05) is 42.5 Å². The van der Waals surface area contributed by atoms with Crippen molar-refractivity contribution in [3.05, 3.63) is 48.0 Å². The molecule has 142 valence electrons. The topological polar surface area (TPSA) is 26.3 Å². The second kappa shape index (κ2) is 12.5. The molecule has 0 aliphatic carbocycles. The van der Waals surface area contributed by atoms with E-state index in [0.717, 1.165) is 23.6 Å². The minimum atomic E-state index is -0.200. The van der Waals surface area contributed by atoms with E-state index in [1.54, 1.807) is 0 Å². The highest BCUT2D eigenvalue weighted by Gasteiger charge is 2.10. The molecule has 0 heterocycles. The summed E-state index contributed by atoms with van der Waals surface area (Å²) in [5.41, 5.74) is 0.672. The Morgan fingerprint density at radius 2 is 1.31 bits per heavy atom. The number of esters is 1. The van der Waals surface area contributed by atoms with Gasteiger partial charge in [0, 0.05) is 0 Å². The molecule has 0 unspecified atom stereocenters. The van der Waals surface area contributed by atoms with Crippen LogP contribution in [0.2, 0.25) is 0 Å². The normalized spacial score (nSPS) is 11.0. The fourth-order valence-electron chi connectivity index (χ4n) is 3.41. The van der Waals surface area contributed by atoms with E-state index in [1.165, 1.54) is 57.8 Å². The van der Waals surface area contributed by atoms with Gasteiger partial charge in [-0.3, -0.25) is 0 Å². The largest absolute Gasteiger partial charge is 0.462 e. The highest BCUT2D eigenvalue weighted by molar-refractivity contribution is 6.04. The van der Waals surface area contributed by atoms with Crippen molar-refractivity contribution in [1.29, 1.82) is 0 Å². The zero-order chi connectivity index (χ0) is 18.5. The minimum absolute atomic E-state index is 0.200. The standard InChI is InChI=1S/C24H34O2/c1-2-3-4-5-6-7-8-9-10-11-14-20-26-24(25)23-19-15-17-21-16-12-13-18-22(21)23/h12-13,15-19H,2-11,14,20H2,1H3. The highest BCUT2D eigenvalue weighted by Crippen LogP contribution is 2.19. The number of fused-ring (bicyclic) bond motifs is 1. The van der Waals surface area contributed by atoms with Gasteiger partial charge >= 0.3 is 5.97 Å². The molecule has 0 amide bonds. The summed E-state index contributed by atoms with van der Waals surface area (Å²) in [5.74, 6) is -0.200. The monoisotopic (exact) mass is 354 g/mol. The van der Waals surface area contributed by atoms with E-state index in [2.05, 4.69) is 6.92 Å². The van der Waals surface area contributed by atoms with Crippen LogP contribution in [-0.2, 0) is 4.74 Å². The number of unbranched alkanes of at least 4 members (excludes halogenated alkanes) is 10. The van der Waals surface area contributed by atoms with Crippen molar-refractivity contribution in [2.75, 3.05) is 6.61 Å². The molecule has 0 aromatic heterocycles. The molecule has 0 atom stereocenters. The van der Waals surface area contributed by atoms with E-state index >= 15 is 0 Å². The smallest absolute Gasteiger partial charge is 0.338 e. The maximum absolute atomic E-state index is 12.3. The number of hydrogen-bond acceptors (Lipinski definition) is 2. The van der Waals surface area contributed by atoms with Gasteiger partial charge < -0.3 is 4.74 Å². The lowest BCUT2D eigenvalue weighted by atomic mass is 10.0. The van der Waals surface area contributed by atoms with Crippen LogP contribution in [0.25, 0.3) is 10.8 Å². The van der Waals surface area contributed by atoms with E-state index in [9.17, 15) is 4.79 Å². The summed E-state index contributed by atoms with van der Waals surface area (Å²) < 4.78 is 5.48. The first kappa shape index (κ1) is 20.5. The maximum atomic E-state index is 12.3. The van der Waals surface area contributed by atoms with Crippen LogP contribution in [0.5, 0.6) is 0 Å². The molecule has 0 N–H and O–H groups in total. The molecule has 0 fully saturated rings. The van der Waals surface area contributed by atoms with Crippen molar-refractivity contribution in [1.82, 2.24) is 0 Å². The zero-order valence-electron chi connectivity index (χ0n) is 16.3. The van der Waals surface area contributed by atoms with Crippen LogP contribution in [0.1, 0.15) is 87.9 Å². The average Bonchev–Trinajstić information content (AvgIpc) is 2.68. The summed E-state index contributed by atoms with van der Waals surface area (Å²) in [6.07, 6.45) is 14.3. The summed E-state index contributed by atoms with van der Waals surface area (Å²) >= 11 is 0. The van der Waals surface area contributed by atoms with Crippen LogP contribution >= 0.6 is 0 Å². The van der Waals surface area contributed by atoms with Crippen molar-refractivity contribution in [3.8, 4) is 0 Å². The molecular formula is C24H34O2. The van der Waals surface area contributed by atoms with Crippen molar-refractivity contribution < 1.29 is 9.53 Å². The Morgan fingerprint density at radius 1 is 0.731 bits per heavy atom. The quantitative estimate of drug-likeness (QED) is 0.278. The molecule has 0 saturated heterocycles. The van der Waals surface area contributed by atoms with E-state index in [0.29, 0.717) is 12.2 Å². The van der Waals surface area contributed by atoms with Gasteiger partial charge in [0.1, 0.15) is 0 Å². The molecule has 2 rings (SSSR count). The molecular weight excluding hydrogens is 320 g/mol. The van der Waals surface area contributed by atoms with Crippen LogP contribution in [-0.4, -0.2) is 12.6 Å². The SMILES string of the molecule is CCCCCCCCCCCCCOC(=O)c1cccc2ccccc12. The molecule has 26 heavy (non-hydrogen) atoms. The average molecular weight is 355 g/mol. The Bertz CT molecular complexity index is 642. The van der Waals surface area contributed by atoms with Crippen LogP contribution in [0.3, 0.4) is 0 Å². The first-order chi connectivity index (χ1) is 12.8. The van der Waals surface area contributed by atoms with Crippen LogP contribution in [0.15, 0.2) is 42.5 Å². The molecule has 0 radical (unpaired) electrons. The number of ether oxygens (including phenoxy) is 1. The van der Waals surface area contributed by atoms with E-state index < -0.39 is 0 Å². The first-order valence-corrected chi connectivity index (χ1v) is 10.5. The second-order valence-corrected chi connectivity index (χ2v) is 7.20. The molecule has 0 aliphatic heterocycles. The van der Waals surface area contributed by atoms with Gasteiger partial charge in [-0.15, -0.1) is 0 Å². The third kappa shape index (κ3) is 7.19. The second-order valence-electron chi connectivity index (χ2n) is 7.20. The molecule has 0 saturated carbocycles. The van der Waals surface area contributed by atoms with E-state index in [-0.39, 0.29) is 5.97 Å². The lowest BCUT2D eigenvalue weighted by molar-refractivity contribution is 0.0500. The Morgan fingerprint density at radius 3 is 2.00 bits per heavy atom. The highest BCUT2D eigenvalue weighted by atomic mass is 16.5. The molecule has 2 aromatic carbocycles. The third-order valence-electron chi connectivity index (χ3n) is 4.99. The minimum Gasteiger partial charge on any atom is -0.462 e. The third-order valence-corrected chi connectivity index (χ3v) is 4.99. The molecule has 2 nitrogen and oxygen atoms in total. The number of benzene rings is 2. The molecule has 0 spiro atoms. The predicted molar refractivity (Wildman–Crippen MR) is 111 cm³/mol.